The number of halogens is 1. The van der Waals surface area contributed by atoms with Crippen molar-refractivity contribution in [3.05, 3.63) is 59.3 Å². The summed E-state index contributed by atoms with van der Waals surface area (Å²) in [6.07, 6.45) is 2.55. The molecule has 3 aromatic heterocycles. The maximum absolute atomic E-state index is 12.3. The van der Waals surface area contributed by atoms with E-state index in [-0.39, 0.29) is 12.3 Å². The molecule has 0 atom stereocenters. The number of anilines is 1. The van der Waals surface area contributed by atoms with Crippen molar-refractivity contribution in [2.24, 2.45) is 0 Å². The topological polar surface area (TPSA) is 98.2 Å². The first-order valence-corrected chi connectivity index (χ1v) is 8.72. The maximum atomic E-state index is 12.3. The summed E-state index contributed by atoms with van der Waals surface area (Å²) in [5, 5.41) is 15.5. The Morgan fingerprint density at radius 1 is 1.26 bits per heavy atom. The van der Waals surface area contributed by atoms with Crippen LogP contribution in [0.1, 0.15) is 18.6 Å². The second-order valence-electron chi connectivity index (χ2n) is 5.86. The Labute approximate surface area is 159 Å². The number of hydrogen-bond acceptors (Lipinski definition) is 6. The summed E-state index contributed by atoms with van der Waals surface area (Å²) in [7, 11) is 0. The van der Waals surface area contributed by atoms with Crippen LogP contribution in [0.5, 0.6) is 0 Å². The second kappa shape index (κ2) is 7.16. The second-order valence-corrected chi connectivity index (χ2v) is 6.30. The molecule has 3 heterocycles. The van der Waals surface area contributed by atoms with E-state index in [1.54, 1.807) is 40.9 Å². The van der Waals surface area contributed by atoms with E-state index in [0.717, 1.165) is 5.56 Å². The van der Waals surface area contributed by atoms with E-state index in [1.165, 1.54) is 0 Å². The first-order chi connectivity index (χ1) is 13.1. The van der Waals surface area contributed by atoms with Gasteiger partial charge in [-0.2, -0.15) is 4.98 Å². The molecular formula is C18H15ClN6O2. The van der Waals surface area contributed by atoms with Gasteiger partial charge in [-0.25, -0.2) is 0 Å². The van der Waals surface area contributed by atoms with Gasteiger partial charge < -0.3 is 9.84 Å². The van der Waals surface area contributed by atoms with Gasteiger partial charge in [-0.1, -0.05) is 29.7 Å². The van der Waals surface area contributed by atoms with Crippen LogP contribution in [0.25, 0.3) is 17.1 Å². The standard InChI is InChI=1S/C18H15ClN6O2/c1-2-14-21-18(27-24-14)11-6-7-25-15(8-11)22-23-16(25)10-17(26)20-13-5-3-4-12(19)9-13/h3-9H,2,10H2,1H3,(H,20,26). The van der Waals surface area contributed by atoms with Crippen molar-refractivity contribution in [3.8, 4) is 11.5 Å². The molecule has 0 aliphatic carbocycles. The van der Waals surface area contributed by atoms with Crippen LogP contribution in [0, 0.1) is 0 Å². The molecular weight excluding hydrogens is 368 g/mol. The number of aryl methyl sites for hydroxylation is 1. The molecule has 1 amide bonds. The van der Waals surface area contributed by atoms with Crippen LogP contribution in [-0.4, -0.2) is 30.6 Å². The third-order valence-corrected chi connectivity index (χ3v) is 4.17. The lowest BCUT2D eigenvalue weighted by molar-refractivity contribution is -0.115. The van der Waals surface area contributed by atoms with Gasteiger partial charge in [0.1, 0.15) is 5.82 Å². The molecule has 0 bridgehead atoms. The molecule has 0 saturated carbocycles. The highest BCUT2D eigenvalue weighted by Gasteiger charge is 2.14. The molecule has 4 rings (SSSR count). The minimum atomic E-state index is -0.208. The Hall–Kier alpha value is -3.26. The van der Waals surface area contributed by atoms with Crippen LogP contribution in [0.3, 0.4) is 0 Å². The molecule has 0 fully saturated rings. The summed E-state index contributed by atoms with van der Waals surface area (Å²) in [6.45, 7) is 1.96. The van der Waals surface area contributed by atoms with Gasteiger partial charge in [0, 0.05) is 28.9 Å². The van der Waals surface area contributed by atoms with Crippen molar-refractivity contribution < 1.29 is 9.32 Å². The molecule has 0 radical (unpaired) electrons. The number of hydrogen-bond donors (Lipinski definition) is 1. The number of nitrogens with zero attached hydrogens (tertiary/aromatic N) is 5. The molecule has 0 unspecified atom stereocenters. The van der Waals surface area contributed by atoms with Crippen molar-refractivity contribution in [3.63, 3.8) is 0 Å². The first kappa shape index (κ1) is 17.2. The van der Waals surface area contributed by atoms with Gasteiger partial charge in [-0.15, -0.1) is 10.2 Å². The Balaban J connectivity index is 1.53. The van der Waals surface area contributed by atoms with Gasteiger partial charge in [0.25, 0.3) is 5.89 Å². The van der Waals surface area contributed by atoms with Gasteiger partial charge in [-0.05, 0) is 30.3 Å². The number of fused-ring (bicyclic) bond motifs is 1. The van der Waals surface area contributed by atoms with Gasteiger partial charge in [0.2, 0.25) is 5.91 Å². The Bertz CT molecular complexity index is 1120. The number of benzene rings is 1. The largest absolute Gasteiger partial charge is 0.334 e. The predicted octanol–water partition coefficient (Wildman–Crippen LogP) is 3.18. The lowest BCUT2D eigenvalue weighted by atomic mass is 10.2. The predicted molar refractivity (Wildman–Crippen MR) is 99.4 cm³/mol. The van der Waals surface area contributed by atoms with E-state index in [2.05, 4.69) is 25.7 Å². The number of amides is 1. The SMILES string of the molecule is CCc1noc(-c2ccn3c(CC(=O)Nc4cccc(Cl)c4)nnc3c2)n1. The minimum Gasteiger partial charge on any atom is -0.334 e. The lowest BCUT2D eigenvalue weighted by Crippen LogP contribution is -2.16. The first-order valence-electron chi connectivity index (χ1n) is 8.34. The van der Waals surface area contributed by atoms with Gasteiger partial charge in [0.05, 0.1) is 6.42 Å². The maximum Gasteiger partial charge on any atom is 0.258 e. The molecule has 0 aliphatic heterocycles. The van der Waals surface area contributed by atoms with Gasteiger partial charge in [-0.3, -0.25) is 9.20 Å². The average molecular weight is 383 g/mol. The lowest BCUT2D eigenvalue weighted by Gasteiger charge is -2.05. The number of carbonyl (C=O) groups is 1. The summed E-state index contributed by atoms with van der Waals surface area (Å²) in [5.74, 6) is 1.39. The van der Waals surface area contributed by atoms with Crippen LogP contribution < -0.4 is 5.32 Å². The third-order valence-electron chi connectivity index (χ3n) is 3.94. The molecule has 8 nitrogen and oxygen atoms in total. The number of rotatable bonds is 5. The van der Waals surface area contributed by atoms with Crippen LogP contribution in [-0.2, 0) is 17.6 Å². The fourth-order valence-electron chi connectivity index (χ4n) is 2.62. The van der Waals surface area contributed by atoms with Crippen molar-refractivity contribution in [1.82, 2.24) is 24.7 Å². The number of pyridine rings is 1. The molecule has 9 heteroatoms. The zero-order chi connectivity index (χ0) is 18.8. The monoisotopic (exact) mass is 382 g/mol. The summed E-state index contributed by atoms with van der Waals surface area (Å²) >= 11 is 5.93. The number of nitrogens with one attached hydrogen (secondary N) is 1. The van der Waals surface area contributed by atoms with Crippen LogP contribution in [0.15, 0.2) is 47.1 Å². The fourth-order valence-corrected chi connectivity index (χ4v) is 2.81. The van der Waals surface area contributed by atoms with Crippen molar-refractivity contribution in [2.45, 2.75) is 19.8 Å². The van der Waals surface area contributed by atoms with E-state index >= 15 is 0 Å². The Morgan fingerprint density at radius 3 is 2.93 bits per heavy atom. The van der Waals surface area contributed by atoms with Crippen LogP contribution in [0.4, 0.5) is 5.69 Å². The van der Waals surface area contributed by atoms with Crippen molar-refractivity contribution in [1.29, 1.82) is 0 Å². The zero-order valence-electron chi connectivity index (χ0n) is 14.4. The molecule has 27 heavy (non-hydrogen) atoms. The molecule has 1 aromatic carbocycles. The third kappa shape index (κ3) is 3.65. The zero-order valence-corrected chi connectivity index (χ0v) is 15.1. The molecule has 4 aromatic rings. The molecule has 136 valence electrons. The summed E-state index contributed by atoms with van der Waals surface area (Å²) < 4.78 is 6.99. The highest BCUT2D eigenvalue weighted by molar-refractivity contribution is 6.30. The van der Waals surface area contributed by atoms with E-state index in [4.69, 9.17) is 16.1 Å². The number of carbonyl (C=O) groups excluding carboxylic acids is 1. The van der Waals surface area contributed by atoms with Crippen molar-refractivity contribution >= 4 is 28.8 Å². The fraction of sp³-hybridized carbons (Fsp3) is 0.167. The Kier molecular flexibility index (Phi) is 4.55. The summed E-state index contributed by atoms with van der Waals surface area (Å²) in [6, 6.07) is 10.6. The smallest absolute Gasteiger partial charge is 0.258 e. The van der Waals surface area contributed by atoms with E-state index in [9.17, 15) is 4.79 Å². The highest BCUT2D eigenvalue weighted by Crippen LogP contribution is 2.20. The van der Waals surface area contributed by atoms with Crippen molar-refractivity contribution in [2.75, 3.05) is 5.32 Å². The quantitative estimate of drug-likeness (QED) is 0.569. The molecule has 0 spiro atoms. The average Bonchev–Trinajstić information content (AvgIpc) is 3.28. The van der Waals surface area contributed by atoms with Crippen LogP contribution in [0.2, 0.25) is 5.02 Å². The molecule has 0 aliphatic rings. The van der Waals surface area contributed by atoms with Gasteiger partial charge >= 0.3 is 0 Å². The molecule has 1 N–H and O–H groups in total. The van der Waals surface area contributed by atoms with Gasteiger partial charge in [0.15, 0.2) is 11.5 Å². The summed E-state index contributed by atoms with van der Waals surface area (Å²) in [5.41, 5.74) is 1.97. The highest BCUT2D eigenvalue weighted by atomic mass is 35.5. The van der Waals surface area contributed by atoms with E-state index in [0.29, 0.717) is 40.3 Å². The Morgan fingerprint density at radius 2 is 2.15 bits per heavy atom. The number of aromatic nitrogens is 5. The molecule has 0 saturated heterocycles. The normalized spacial score (nSPS) is 11.0. The van der Waals surface area contributed by atoms with E-state index < -0.39 is 0 Å². The van der Waals surface area contributed by atoms with E-state index in [1.807, 2.05) is 13.0 Å². The van der Waals surface area contributed by atoms with Crippen LogP contribution >= 0.6 is 11.6 Å². The summed E-state index contributed by atoms with van der Waals surface area (Å²) in [4.78, 5) is 16.6. The minimum absolute atomic E-state index is 0.0770.